The van der Waals surface area contributed by atoms with Gasteiger partial charge >= 0.3 is 0 Å². The molecule has 0 saturated carbocycles. The number of rotatable bonds is 5. The van der Waals surface area contributed by atoms with E-state index >= 15 is 0 Å². The Morgan fingerprint density at radius 3 is 2.93 bits per heavy atom. The summed E-state index contributed by atoms with van der Waals surface area (Å²) in [6.07, 6.45) is 0. The number of aliphatic hydroxyl groups is 1. The fourth-order valence-electron chi connectivity index (χ4n) is 1.21. The van der Waals surface area contributed by atoms with Crippen LogP contribution in [0.5, 0.6) is 0 Å². The van der Waals surface area contributed by atoms with Crippen LogP contribution in [0.1, 0.15) is 11.1 Å². The molecule has 0 atom stereocenters. The van der Waals surface area contributed by atoms with Gasteiger partial charge < -0.3 is 21.4 Å². The molecule has 0 unspecified atom stereocenters. The zero-order chi connectivity index (χ0) is 11.1. The Hall–Kier alpha value is -1.59. The van der Waals surface area contributed by atoms with Crippen molar-refractivity contribution in [1.82, 2.24) is 5.32 Å². The van der Waals surface area contributed by atoms with Crippen LogP contribution in [-0.4, -0.2) is 29.3 Å². The molecule has 0 aliphatic carbocycles. The van der Waals surface area contributed by atoms with Crippen molar-refractivity contribution in [3.05, 3.63) is 35.4 Å². The van der Waals surface area contributed by atoms with Gasteiger partial charge in [0.05, 0.1) is 6.61 Å². The van der Waals surface area contributed by atoms with Crippen molar-refractivity contribution >= 4 is 5.84 Å². The second kappa shape index (κ2) is 6.00. The molecule has 0 amide bonds. The first-order chi connectivity index (χ1) is 7.27. The fourth-order valence-corrected chi connectivity index (χ4v) is 1.21. The summed E-state index contributed by atoms with van der Waals surface area (Å²) in [5.41, 5.74) is 7.16. The Balaban J connectivity index is 2.66. The molecule has 0 spiro atoms. The van der Waals surface area contributed by atoms with Crippen LogP contribution in [0, 0.1) is 0 Å². The van der Waals surface area contributed by atoms with Crippen LogP contribution in [0.15, 0.2) is 29.4 Å². The maximum Gasteiger partial charge on any atom is 0.170 e. The van der Waals surface area contributed by atoms with Crippen molar-refractivity contribution in [3.8, 4) is 0 Å². The van der Waals surface area contributed by atoms with Gasteiger partial charge in [0.1, 0.15) is 0 Å². The summed E-state index contributed by atoms with van der Waals surface area (Å²) in [4.78, 5) is 0. The highest BCUT2D eigenvalue weighted by Gasteiger charge is 1.99. The molecule has 5 N–H and O–H groups in total. The van der Waals surface area contributed by atoms with Crippen molar-refractivity contribution in [1.29, 1.82) is 0 Å². The van der Waals surface area contributed by atoms with Crippen LogP contribution in [-0.2, 0) is 6.54 Å². The first-order valence-corrected chi connectivity index (χ1v) is 4.66. The number of amidine groups is 1. The maximum atomic E-state index is 8.59. The van der Waals surface area contributed by atoms with E-state index in [0.717, 1.165) is 5.56 Å². The molecule has 0 saturated heterocycles. The molecule has 0 aromatic heterocycles. The average molecular weight is 209 g/mol. The average Bonchev–Trinajstić information content (AvgIpc) is 2.29. The van der Waals surface area contributed by atoms with Crippen LogP contribution >= 0.6 is 0 Å². The van der Waals surface area contributed by atoms with Gasteiger partial charge in [-0.1, -0.05) is 23.4 Å². The van der Waals surface area contributed by atoms with E-state index in [9.17, 15) is 0 Å². The van der Waals surface area contributed by atoms with Crippen molar-refractivity contribution in [2.45, 2.75) is 6.54 Å². The van der Waals surface area contributed by atoms with Crippen LogP contribution < -0.4 is 11.1 Å². The molecule has 5 heteroatoms. The monoisotopic (exact) mass is 209 g/mol. The Morgan fingerprint density at radius 2 is 2.27 bits per heavy atom. The van der Waals surface area contributed by atoms with Gasteiger partial charge in [0.2, 0.25) is 0 Å². The van der Waals surface area contributed by atoms with Gasteiger partial charge in [-0.3, -0.25) is 0 Å². The fraction of sp³-hybridized carbons (Fsp3) is 0.300. The summed E-state index contributed by atoms with van der Waals surface area (Å²) >= 11 is 0. The molecule has 1 rings (SSSR count). The van der Waals surface area contributed by atoms with E-state index in [2.05, 4.69) is 10.5 Å². The summed E-state index contributed by atoms with van der Waals surface area (Å²) in [6.45, 7) is 1.31. The third-order valence-electron chi connectivity index (χ3n) is 1.95. The predicted molar refractivity (Wildman–Crippen MR) is 57.7 cm³/mol. The number of nitrogens with one attached hydrogen (secondary N) is 1. The van der Waals surface area contributed by atoms with Crippen molar-refractivity contribution in [2.24, 2.45) is 10.9 Å². The van der Waals surface area contributed by atoms with Crippen LogP contribution in [0.3, 0.4) is 0 Å². The van der Waals surface area contributed by atoms with E-state index in [4.69, 9.17) is 16.0 Å². The number of aliphatic hydroxyl groups excluding tert-OH is 1. The molecule has 0 bridgehead atoms. The van der Waals surface area contributed by atoms with Crippen LogP contribution in [0.4, 0.5) is 0 Å². The normalized spacial score (nSPS) is 11.7. The highest BCUT2D eigenvalue weighted by Crippen LogP contribution is 2.04. The third-order valence-corrected chi connectivity index (χ3v) is 1.95. The van der Waals surface area contributed by atoms with E-state index < -0.39 is 0 Å². The lowest BCUT2D eigenvalue weighted by atomic mass is 10.1. The SMILES string of the molecule is NC(=NO)c1cccc(CNCCO)c1. The van der Waals surface area contributed by atoms with Crippen molar-refractivity contribution < 1.29 is 10.3 Å². The summed E-state index contributed by atoms with van der Waals surface area (Å²) in [5.74, 6) is 0.0963. The lowest BCUT2D eigenvalue weighted by Crippen LogP contribution is -2.18. The molecule has 0 aliphatic heterocycles. The van der Waals surface area contributed by atoms with E-state index in [1.165, 1.54) is 0 Å². The first kappa shape index (κ1) is 11.5. The second-order valence-electron chi connectivity index (χ2n) is 3.09. The predicted octanol–water partition coefficient (Wildman–Crippen LogP) is -0.137. The van der Waals surface area contributed by atoms with Gasteiger partial charge in [0, 0.05) is 18.7 Å². The molecule has 15 heavy (non-hydrogen) atoms. The summed E-state index contributed by atoms with van der Waals surface area (Å²) < 4.78 is 0. The number of hydrogen-bond acceptors (Lipinski definition) is 4. The molecule has 82 valence electrons. The maximum absolute atomic E-state index is 8.59. The van der Waals surface area contributed by atoms with Gasteiger partial charge in [-0.2, -0.15) is 0 Å². The second-order valence-corrected chi connectivity index (χ2v) is 3.09. The molecule has 0 aliphatic rings. The molecule has 0 fully saturated rings. The first-order valence-electron chi connectivity index (χ1n) is 4.66. The quantitative estimate of drug-likeness (QED) is 0.179. The summed E-state index contributed by atoms with van der Waals surface area (Å²) in [5, 5.41) is 23.1. The topological polar surface area (TPSA) is 90.9 Å². The third kappa shape index (κ3) is 3.57. The van der Waals surface area contributed by atoms with E-state index in [1.54, 1.807) is 6.07 Å². The number of nitrogens with zero attached hydrogens (tertiary/aromatic N) is 1. The van der Waals surface area contributed by atoms with Gasteiger partial charge in [-0.15, -0.1) is 0 Å². The molecular weight excluding hydrogens is 194 g/mol. The highest BCUT2D eigenvalue weighted by molar-refractivity contribution is 5.97. The van der Waals surface area contributed by atoms with Gasteiger partial charge in [0.25, 0.3) is 0 Å². The number of benzene rings is 1. The minimum atomic E-state index is 0.0963. The van der Waals surface area contributed by atoms with E-state index in [1.807, 2.05) is 18.2 Å². The Kier molecular flexibility index (Phi) is 4.59. The number of hydrogen-bond donors (Lipinski definition) is 4. The zero-order valence-electron chi connectivity index (χ0n) is 8.35. The Labute approximate surface area is 88.2 Å². The Morgan fingerprint density at radius 1 is 1.47 bits per heavy atom. The number of nitrogens with two attached hydrogens (primary N) is 1. The lowest BCUT2D eigenvalue weighted by molar-refractivity contribution is 0.292. The minimum Gasteiger partial charge on any atom is -0.409 e. The van der Waals surface area contributed by atoms with Gasteiger partial charge in [-0.05, 0) is 11.6 Å². The van der Waals surface area contributed by atoms with Gasteiger partial charge in [0.15, 0.2) is 5.84 Å². The van der Waals surface area contributed by atoms with Crippen molar-refractivity contribution in [2.75, 3.05) is 13.2 Å². The Bertz CT molecular complexity index is 339. The molecule has 1 aromatic carbocycles. The molecular formula is C10H15N3O2. The van der Waals surface area contributed by atoms with E-state index in [0.29, 0.717) is 18.7 Å². The molecule has 0 radical (unpaired) electrons. The number of oxime groups is 1. The lowest BCUT2D eigenvalue weighted by Gasteiger charge is -2.05. The van der Waals surface area contributed by atoms with E-state index in [-0.39, 0.29) is 12.4 Å². The molecule has 5 nitrogen and oxygen atoms in total. The summed E-state index contributed by atoms with van der Waals surface area (Å²) in [6, 6.07) is 7.37. The minimum absolute atomic E-state index is 0.0963. The summed E-state index contributed by atoms with van der Waals surface area (Å²) in [7, 11) is 0. The highest BCUT2D eigenvalue weighted by atomic mass is 16.4. The molecule has 0 heterocycles. The van der Waals surface area contributed by atoms with Gasteiger partial charge in [-0.25, -0.2) is 0 Å². The zero-order valence-corrected chi connectivity index (χ0v) is 8.35. The van der Waals surface area contributed by atoms with Crippen LogP contribution in [0.2, 0.25) is 0 Å². The largest absolute Gasteiger partial charge is 0.409 e. The van der Waals surface area contributed by atoms with Crippen LogP contribution in [0.25, 0.3) is 0 Å². The van der Waals surface area contributed by atoms with Crippen molar-refractivity contribution in [3.63, 3.8) is 0 Å². The standard InChI is InChI=1S/C10H15N3O2/c11-10(13-15)9-3-1-2-8(6-9)7-12-4-5-14/h1-3,6,12,14-15H,4-5,7H2,(H2,11,13). The smallest absolute Gasteiger partial charge is 0.170 e. The molecule has 1 aromatic rings.